The van der Waals surface area contributed by atoms with Crippen molar-refractivity contribution in [1.29, 1.82) is 0 Å². The van der Waals surface area contributed by atoms with Gasteiger partial charge in [0.25, 0.3) is 5.91 Å². The zero-order valence-corrected chi connectivity index (χ0v) is 20.0. The number of carbonyl (C=O) groups excluding carboxylic acids is 2. The molecule has 4 rings (SSSR count). The Balaban J connectivity index is 1.82. The molecule has 1 aliphatic rings. The van der Waals surface area contributed by atoms with Crippen molar-refractivity contribution in [3.05, 3.63) is 51.8 Å². The van der Waals surface area contributed by atoms with E-state index in [1.165, 1.54) is 0 Å². The molecule has 3 aromatic rings. The quantitative estimate of drug-likeness (QED) is 0.613. The molecule has 0 radical (unpaired) electrons. The summed E-state index contributed by atoms with van der Waals surface area (Å²) in [6.07, 6.45) is 0.691. The fourth-order valence-electron chi connectivity index (χ4n) is 3.93. The number of piperazine rings is 1. The third-order valence-electron chi connectivity index (χ3n) is 5.65. The molecule has 0 atom stereocenters. The summed E-state index contributed by atoms with van der Waals surface area (Å²) in [6.45, 7) is 8.52. The monoisotopic (exact) mass is 473 g/mol. The van der Waals surface area contributed by atoms with Gasteiger partial charge in [0.1, 0.15) is 16.7 Å². The summed E-state index contributed by atoms with van der Waals surface area (Å²) >= 11 is 12.5. The largest absolute Gasteiger partial charge is 0.352 e. The number of aromatic nitrogens is 3. The molecule has 168 valence electrons. The molecule has 2 amide bonds. The van der Waals surface area contributed by atoms with E-state index in [1.54, 1.807) is 41.6 Å². The average molecular weight is 474 g/mol. The Labute approximate surface area is 196 Å². The van der Waals surface area contributed by atoms with E-state index >= 15 is 0 Å². The maximum Gasteiger partial charge on any atom is 0.273 e. The molecule has 7 nitrogen and oxygen atoms in total. The zero-order valence-electron chi connectivity index (χ0n) is 18.4. The van der Waals surface area contributed by atoms with E-state index in [0.29, 0.717) is 46.7 Å². The third kappa shape index (κ3) is 3.95. The predicted octanol–water partition coefficient (Wildman–Crippen LogP) is 4.28. The van der Waals surface area contributed by atoms with Crippen molar-refractivity contribution in [3.63, 3.8) is 0 Å². The number of nitrogens with one attached hydrogen (secondary N) is 1. The van der Waals surface area contributed by atoms with Crippen LogP contribution in [-0.2, 0) is 11.2 Å². The molecule has 0 spiro atoms. The highest BCUT2D eigenvalue weighted by Gasteiger charge is 2.41. The number of hydrogen-bond donors (Lipinski definition) is 1. The second-order valence-electron chi connectivity index (χ2n) is 8.89. The number of fused-ring (bicyclic) bond motifs is 1. The van der Waals surface area contributed by atoms with E-state index in [9.17, 15) is 9.59 Å². The second kappa shape index (κ2) is 8.37. The summed E-state index contributed by atoms with van der Waals surface area (Å²) in [5, 5.41) is 8.60. The summed E-state index contributed by atoms with van der Waals surface area (Å²) in [4.78, 5) is 31.9. The molecular formula is C23H25Cl2N5O2. The van der Waals surface area contributed by atoms with Crippen LogP contribution >= 0.6 is 23.2 Å². The number of hydrogen-bond acceptors (Lipinski definition) is 4. The summed E-state index contributed by atoms with van der Waals surface area (Å²) in [5.41, 5.74) is 2.20. The Morgan fingerprint density at radius 3 is 2.66 bits per heavy atom. The van der Waals surface area contributed by atoms with Crippen LogP contribution in [0.25, 0.3) is 16.7 Å². The van der Waals surface area contributed by atoms with Gasteiger partial charge in [-0.3, -0.25) is 9.59 Å². The number of carbonyl (C=O) groups is 2. The molecule has 9 heteroatoms. The highest BCUT2D eigenvalue weighted by atomic mass is 35.5. The van der Waals surface area contributed by atoms with Gasteiger partial charge in [0.05, 0.1) is 21.9 Å². The number of nitrogens with zero attached hydrogens (tertiary/aromatic N) is 4. The van der Waals surface area contributed by atoms with Crippen LogP contribution in [0.2, 0.25) is 10.0 Å². The minimum absolute atomic E-state index is 0.177. The van der Waals surface area contributed by atoms with Gasteiger partial charge < -0.3 is 10.2 Å². The standard InChI is InChI=1S/C23H25Cl2N5O2/c1-13(2)11-17-20-19(30(28-17)18-7-5-14(24)12-15(18)25)8-6-16(27-20)21(31)29-10-9-26-22(32)23(29,3)4/h5-8,12-13H,9-11H2,1-4H3,(H,26,32). The van der Waals surface area contributed by atoms with Crippen molar-refractivity contribution >= 4 is 46.0 Å². The van der Waals surface area contributed by atoms with E-state index in [-0.39, 0.29) is 17.5 Å². The van der Waals surface area contributed by atoms with Crippen molar-refractivity contribution in [2.45, 2.75) is 39.7 Å². The topological polar surface area (TPSA) is 80.1 Å². The molecule has 1 saturated heterocycles. The van der Waals surface area contributed by atoms with Gasteiger partial charge in [0.15, 0.2) is 0 Å². The lowest BCUT2D eigenvalue weighted by Crippen LogP contribution is -2.63. The lowest BCUT2D eigenvalue weighted by molar-refractivity contribution is -0.133. The number of halogens is 2. The average Bonchev–Trinajstić information content (AvgIpc) is 3.06. The highest BCUT2D eigenvalue weighted by Crippen LogP contribution is 2.29. The molecular weight excluding hydrogens is 449 g/mol. The molecule has 0 aliphatic carbocycles. The maximum absolute atomic E-state index is 13.3. The van der Waals surface area contributed by atoms with Gasteiger partial charge in [-0.15, -0.1) is 0 Å². The summed E-state index contributed by atoms with van der Waals surface area (Å²) in [7, 11) is 0. The van der Waals surface area contributed by atoms with Crippen LogP contribution in [0, 0.1) is 5.92 Å². The van der Waals surface area contributed by atoms with Crippen LogP contribution in [-0.4, -0.2) is 50.1 Å². The van der Waals surface area contributed by atoms with Gasteiger partial charge >= 0.3 is 0 Å². The fraction of sp³-hybridized carbons (Fsp3) is 0.391. The normalized spacial score (nSPS) is 16.0. The first kappa shape index (κ1) is 22.6. The highest BCUT2D eigenvalue weighted by molar-refractivity contribution is 6.35. The number of benzene rings is 1. The Kier molecular flexibility index (Phi) is 5.90. The lowest BCUT2D eigenvalue weighted by atomic mass is 9.98. The van der Waals surface area contributed by atoms with E-state index in [1.807, 2.05) is 12.1 Å². The van der Waals surface area contributed by atoms with Gasteiger partial charge in [-0.1, -0.05) is 37.0 Å². The van der Waals surface area contributed by atoms with Crippen molar-refractivity contribution in [2.75, 3.05) is 13.1 Å². The number of pyridine rings is 1. The second-order valence-corrected chi connectivity index (χ2v) is 9.73. The Hall–Kier alpha value is -2.64. The van der Waals surface area contributed by atoms with Crippen LogP contribution in [0.3, 0.4) is 0 Å². The summed E-state index contributed by atoms with van der Waals surface area (Å²) in [6, 6.07) is 8.74. The van der Waals surface area contributed by atoms with Crippen molar-refractivity contribution in [2.24, 2.45) is 5.92 Å². The van der Waals surface area contributed by atoms with Gasteiger partial charge in [-0.05, 0) is 56.5 Å². The first-order valence-electron chi connectivity index (χ1n) is 10.5. The Bertz CT molecular complexity index is 1220. The van der Waals surface area contributed by atoms with Gasteiger partial charge in [-0.25, -0.2) is 9.67 Å². The predicted molar refractivity (Wildman–Crippen MR) is 126 cm³/mol. The van der Waals surface area contributed by atoms with Gasteiger partial charge in [0.2, 0.25) is 5.91 Å². The molecule has 0 bridgehead atoms. The van der Waals surface area contributed by atoms with Crippen molar-refractivity contribution < 1.29 is 9.59 Å². The summed E-state index contributed by atoms with van der Waals surface area (Å²) in [5.74, 6) is -0.114. The van der Waals surface area contributed by atoms with Crippen molar-refractivity contribution in [1.82, 2.24) is 25.0 Å². The van der Waals surface area contributed by atoms with Gasteiger partial charge in [0, 0.05) is 18.1 Å². The molecule has 1 aromatic carbocycles. The molecule has 32 heavy (non-hydrogen) atoms. The zero-order chi connectivity index (χ0) is 23.2. The lowest BCUT2D eigenvalue weighted by Gasteiger charge is -2.40. The molecule has 1 aliphatic heterocycles. The number of amides is 2. The molecule has 1 N–H and O–H groups in total. The van der Waals surface area contributed by atoms with E-state index in [4.69, 9.17) is 33.3 Å². The minimum atomic E-state index is -0.951. The van der Waals surface area contributed by atoms with Crippen LogP contribution in [0.4, 0.5) is 0 Å². The molecule has 0 unspecified atom stereocenters. The molecule has 2 aromatic heterocycles. The van der Waals surface area contributed by atoms with Gasteiger partial charge in [-0.2, -0.15) is 5.10 Å². The number of rotatable bonds is 4. The smallest absolute Gasteiger partial charge is 0.273 e. The van der Waals surface area contributed by atoms with Crippen LogP contribution < -0.4 is 5.32 Å². The maximum atomic E-state index is 13.3. The fourth-order valence-corrected chi connectivity index (χ4v) is 4.42. The van der Waals surface area contributed by atoms with Crippen LogP contribution in [0.15, 0.2) is 30.3 Å². The minimum Gasteiger partial charge on any atom is -0.352 e. The Morgan fingerprint density at radius 1 is 1.22 bits per heavy atom. The van der Waals surface area contributed by atoms with E-state index in [0.717, 1.165) is 11.2 Å². The third-order valence-corrected chi connectivity index (χ3v) is 6.19. The van der Waals surface area contributed by atoms with Crippen LogP contribution in [0.5, 0.6) is 0 Å². The SMILES string of the molecule is CC(C)Cc1nn(-c2ccc(Cl)cc2Cl)c2ccc(C(=O)N3CCNC(=O)C3(C)C)nc12. The van der Waals surface area contributed by atoms with E-state index < -0.39 is 5.54 Å². The van der Waals surface area contributed by atoms with Crippen LogP contribution in [0.1, 0.15) is 43.9 Å². The first-order chi connectivity index (χ1) is 15.1. The molecule has 3 heterocycles. The molecule has 0 saturated carbocycles. The Morgan fingerprint density at radius 2 is 1.97 bits per heavy atom. The first-order valence-corrected chi connectivity index (χ1v) is 11.3. The van der Waals surface area contributed by atoms with Crippen molar-refractivity contribution in [3.8, 4) is 5.69 Å². The van der Waals surface area contributed by atoms with E-state index in [2.05, 4.69) is 19.2 Å². The summed E-state index contributed by atoms with van der Waals surface area (Å²) < 4.78 is 1.74. The molecule has 1 fully saturated rings.